The van der Waals surface area contributed by atoms with Crippen LogP contribution in [0.4, 0.5) is 0 Å². The van der Waals surface area contributed by atoms with Crippen molar-refractivity contribution in [1.82, 2.24) is 9.38 Å². The molecule has 0 fully saturated rings. The zero-order valence-electron chi connectivity index (χ0n) is 9.01. The summed E-state index contributed by atoms with van der Waals surface area (Å²) in [6.45, 7) is 1.87. The molecule has 0 N–H and O–H groups in total. The maximum Gasteiger partial charge on any atom is 0.345 e. The van der Waals surface area contributed by atoms with Crippen LogP contribution < -0.4 is 5.56 Å². The molecule has 0 aromatic carbocycles. The number of halogens is 1. The van der Waals surface area contributed by atoms with E-state index in [-0.39, 0.29) is 12.2 Å². The van der Waals surface area contributed by atoms with Gasteiger partial charge in [-0.2, -0.15) is 0 Å². The lowest BCUT2D eigenvalue weighted by atomic mass is 10.3. The van der Waals surface area contributed by atoms with E-state index >= 15 is 0 Å². The minimum Gasteiger partial charge on any atom is -0.462 e. The maximum atomic E-state index is 12.0. The largest absolute Gasteiger partial charge is 0.462 e. The lowest BCUT2D eigenvalue weighted by Gasteiger charge is -2.03. The molecule has 0 aliphatic carbocycles. The third kappa shape index (κ3) is 2.14. The van der Waals surface area contributed by atoms with Crippen molar-refractivity contribution in [2.24, 2.45) is 0 Å². The number of ether oxygens (including phenoxy) is 1. The molecule has 0 saturated carbocycles. The third-order valence-electron chi connectivity index (χ3n) is 2.16. The molecule has 2 aromatic rings. The molecule has 0 amide bonds. The lowest BCUT2D eigenvalue weighted by molar-refractivity contribution is 0.0523. The van der Waals surface area contributed by atoms with Crippen molar-refractivity contribution in [2.75, 3.05) is 6.61 Å². The molecule has 0 unspecified atom stereocenters. The van der Waals surface area contributed by atoms with Crippen molar-refractivity contribution in [3.8, 4) is 0 Å². The van der Waals surface area contributed by atoms with Crippen LogP contribution in [0.25, 0.3) is 5.65 Å². The smallest absolute Gasteiger partial charge is 0.345 e. The molecule has 6 heteroatoms. The third-order valence-corrected chi connectivity index (χ3v) is 2.38. The van der Waals surface area contributed by atoms with Crippen LogP contribution in [0.15, 0.2) is 29.3 Å². The highest BCUT2D eigenvalue weighted by Gasteiger charge is 2.13. The van der Waals surface area contributed by atoms with Gasteiger partial charge < -0.3 is 4.74 Å². The van der Waals surface area contributed by atoms with Crippen molar-refractivity contribution in [3.63, 3.8) is 0 Å². The number of hydrogen-bond acceptors (Lipinski definition) is 4. The number of carbonyl (C=O) groups is 1. The van der Waals surface area contributed by atoms with Crippen molar-refractivity contribution in [3.05, 3.63) is 45.5 Å². The van der Waals surface area contributed by atoms with Gasteiger partial charge in [0.05, 0.1) is 11.6 Å². The first-order valence-corrected chi connectivity index (χ1v) is 5.35. The Morgan fingerprint density at radius 1 is 1.53 bits per heavy atom. The molecule has 0 atom stereocenters. The van der Waals surface area contributed by atoms with E-state index in [0.29, 0.717) is 10.7 Å². The zero-order chi connectivity index (χ0) is 12.4. The Bertz CT molecular complexity index is 636. The van der Waals surface area contributed by atoms with Crippen molar-refractivity contribution in [2.45, 2.75) is 6.92 Å². The SMILES string of the molecule is CCOC(=O)c1cnc2ccc(Cl)cn2c1=O. The number of rotatable bonds is 2. The Balaban J connectivity index is 2.65. The predicted molar refractivity (Wildman–Crippen MR) is 62.4 cm³/mol. The van der Waals surface area contributed by atoms with Gasteiger partial charge in [-0.1, -0.05) is 11.6 Å². The van der Waals surface area contributed by atoms with E-state index in [9.17, 15) is 9.59 Å². The van der Waals surface area contributed by atoms with Crippen LogP contribution in [0, 0.1) is 0 Å². The fourth-order valence-electron chi connectivity index (χ4n) is 1.40. The van der Waals surface area contributed by atoms with Gasteiger partial charge in [0.25, 0.3) is 5.56 Å². The molecular weight excluding hydrogens is 244 g/mol. The molecular formula is C11H9ClN2O3. The van der Waals surface area contributed by atoms with E-state index in [1.54, 1.807) is 19.1 Å². The molecule has 0 radical (unpaired) electrons. The van der Waals surface area contributed by atoms with Gasteiger partial charge in [0.15, 0.2) is 0 Å². The summed E-state index contributed by atoms with van der Waals surface area (Å²) in [6, 6.07) is 3.21. The van der Waals surface area contributed by atoms with E-state index in [1.807, 2.05) is 0 Å². The predicted octanol–water partition coefficient (Wildman–Crippen LogP) is 1.52. The number of hydrogen-bond donors (Lipinski definition) is 0. The molecule has 0 bridgehead atoms. The number of pyridine rings is 1. The molecule has 2 heterocycles. The van der Waals surface area contributed by atoms with Gasteiger partial charge in [-0.05, 0) is 19.1 Å². The van der Waals surface area contributed by atoms with Gasteiger partial charge in [-0.25, -0.2) is 9.78 Å². The van der Waals surface area contributed by atoms with Crippen molar-refractivity contribution in [1.29, 1.82) is 0 Å². The van der Waals surface area contributed by atoms with Gasteiger partial charge in [0.1, 0.15) is 11.2 Å². The number of aromatic nitrogens is 2. The van der Waals surface area contributed by atoms with Crippen molar-refractivity contribution < 1.29 is 9.53 Å². The summed E-state index contributed by atoms with van der Waals surface area (Å²) in [7, 11) is 0. The average Bonchev–Trinajstić information content (AvgIpc) is 2.30. The first-order chi connectivity index (χ1) is 8.13. The highest BCUT2D eigenvalue weighted by atomic mass is 35.5. The van der Waals surface area contributed by atoms with Crippen LogP contribution >= 0.6 is 11.6 Å². The molecule has 0 aliphatic heterocycles. The van der Waals surface area contributed by atoms with E-state index in [4.69, 9.17) is 16.3 Å². The Hall–Kier alpha value is -1.88. The van der Waals surface area contributed by atoms with Crippen LogP contribution in [0.5, 0.6) is 0 Å². The average molecular weight is 253 g/mol. The fourth-order valence-corrected chi connectivity index (χ4v) is 1.56. The molecule has 88 valence electrons. The van der Waals surface area contributed by atoms with Crippen LogP contribution in [0.3, 0.4) is 0 Å². The molecule has 0 spiro atoms. The van der Waals surface area contributed by atoms with Crippen LogP contribution in [-0.2, 0) is 4.74 Å². The van der Waals surface area contributed by atoms with E-state index in [0.717, 1.165) is 0 Å². The number of nitrogens with zero attached hydrogens (tertiary/aromatic N) is 2. The second-order valence-electron chi connectivity index (χ2n) is 3.27. The van der Waals surface area contributed by atoms with Gasteiger partial charge in [0.2, 0.25) is 0 Å². The molecule has 2 aromatic heterocycles. The zero-order valence-corrected chi connectivity index (χ0v) is 9.77. The topological polar surface area (TPSA) is 60.7 Å². The minimum atomic E-state index is -0.681. The van der Waals surface area contributed by atoms with Gasteiger partial charge in [-0.15, -0.1) is 0 Å². The second-order valence-corrected chi connectivity index (χ2v) is 3.71. The monoisotopic (exact) mass is 252 g/mol. The molecule has 5 nitrogen and oxygen atoms in total. The quantitative estimate of drug-likeness (QED) is 0.761. The lowest BCUT2D eigenvalue weighted by Crippen LogP contribution is -2.24. The van der Waals surface area contributed by atoms with Gasteiger partial charge in [0, 0.05) is 12.4 Å². The number of esters is 1. The first-order valence-electron chi connectivity index (χ1n) is 4.97. The van der Waals surface area contributed by atoms with E-state index in [2.05, 4.69) is 4.98 Å². The molecule has 0 aliphatic rings. The van der Waals surface area contributed by atoms with Crippen LogP contribution in [0.1, 0.15) is 17.3 Å². The van der Waals surface area contributed by atoms with Crippen LogP contribution in [-0.4, -0.2) is 22.0 Å². The Morgan fingerprint density at radius 3 is 3.00 bits per heavy atom. The minimum absolute atomic E-state index is 0.105. The standard InChI is InChI=1S/C11H9ClN2O3/c1-2-17-11(16)8-5-13-9-4-3-7(12)6-14(9)10(8)15/h3-6H,2H2,1H3. The highest BCUT2D eigenvalue weighted by molar-refractivity contribution is 6.30. The number of carbonyl (C=O) groups excluding carboxylic acids is 1. The number of fused-ring (bicyclic) bond motifs is 1. The summed E-state index contributed by atoms with van der Waals surface area (Å²) < 4.78 is 5.98. The Morgan fingerprint density at radius 2 is 2.29 bits per heavy atom. The summed E-state index contributed by atoms with van der Waals surface area (Å²) in [4.78, 5) is 27.4. The first kappa shape index (κ1) is 11.6. The Kier molecular flexibility index (Phi) is 3.10. The van der Waals surface area contributed by atoms with Gasteiger partial charge in [-0.3, -0.25) is 9.20 Å². The van der Waals surface area contributed by atoms with Crippen molar-refractivity contribution >= 4 is 23.2 Å². The van der Waals surface area contributed by atoms with E-state index < -0.39 is 11.5 Å². The van der Waals surface area contributed by atoms with Gasteiger partial charge >= 0.3 is 5.97 Å². The summed E-state index contributed by atoms with van der Waals surface area (Å²) in [5, 5.41) is 0.391. The fraction of sp³-hybridized carbons (Fsp3) is 0.182. The second kappa shape index (κ2) is 4.55. The maximum absolute atomic E-state index is 12.0. The molecule has 2 rings (SSSR count). The molecule has 17 heavy (non-hydrogen) atoms. The Labute approximate surface area is 102 Å². The summed E-state index contributed by atoms with van der Waals surface area (Å²) in [6.07, 6.45) is 2.62. The van der Waals surface area contributed by atoms with Crippen LogP contribution in [0.2, 0.25) is 5.02 Å². The summed E-state index contributed by atoms with van der Waals surface area (Å²) >= 11 is 5.78. The summed E-state index contributed by atoms with van der Waals surface area (Å²) in [5.41, 5.74) is -0.171. The normalized spacial score (nSPS) is 10.5. The van der Waals surface area contributed by atoms with E-state index in [1.165, 1.54) is 16.8 Å². The molecule has 0 saturated heterocycles. The summed E-state index contributed by atoms with van der Waals surface area (Å²) in [5.74, 6) is -0.681. The highest BCUT2D eigenvalue weighted by Crippen LogP contribution is 2.08.